The van der Waals surface area contributed by atoms with Crippen molar-refractivity contribution in [1.29, 1.82) is 0 Å². The molecular formula is C15H15NO2. The molecule has 3 nitrogen and oxygen atoms in total. The third-order valence-electron chi connectivity index (χ3n) is 3.23. The van der Waals surface area contributed by atoms with Crippen LogP contribution in [0.25, 0.3) is 10.9 Å². The molecule has 1 fully saturated rings. The van der Waals surface area contributed by atoms with E-state index in [2.05, 4.69) is 4.98 Å². The largest absolute Gasteiger partial charge is 0.462 e. The number of rotatable bonds is 3. The van der Waals surface area contributed by atoms with Crippen molar-refractivity contribution >= 4 is 16.9 Å². The van der Waals surface area contributed by atoms with Crippen LogP contribution in [0.5, 0.6) is 0 Å². The number of ether oxygens (including phenoxy) is 1. The molecule has 0 saturated heterocycles. The highest BCUT2D eigenvalue weighted by molar-refractivity contribution is 6.03. The van der Waals surface area contributed by atoms with Crippen LogP contribution < -0.4 is 0 Å². The van der Waals surface area contributed by atoms with E-state index >= 15 is 0 Å². The Bertz CT molecular complexity index is 602. The molecule has 1 aliphatic carbocycles. The molecule has 3 rings (SSSR count). The van der Waals surface area contributed by atoms with Crippen molar-refractivity contribution in [1.82, 2.24) is 4.98 Å². The molecule has 1 heterocycles. The second-order valence-corrected chi connectivity index (χ2v) is 4.61. The van der Waals surface area contributed by atoms with Gasteiger partial charge in [0, 0.05) is 17.0 Å². The molecule has 0 aliphatic heterocycles. The quantitative estimate of drug-likeness (QED) is 0.774. The van der Waals surface area contributed by atoms with E-state index < -0.39 is 0 Å². The summed E-state index contributed by atoms with van der Waals surface area (Å²) in [6.45, 7) is 2.22. The lowest BCUT2D eigenvalue weighted by atomic mass is 10.1. The van der Waals surface area contributed by atoms with Crippen LogP contribution in [0.2, 0.25) is 0 Å². The highest BCUT2D eigenvalue weighted by Gasteiger charge is 2.27. The molecule has 2 aromatic rings. The zero-order valence-corrected chi connectivity index (χ0v) is 10.3. The number of fused-ring (bicyclic) bond motifs is 1. The van der Waals surface area contributed by atoms with Gasteiger partial charge in [-0.1, -0.05) is 18.2 Å². The van der Waals surface area contributed by atoms with Crippen molar-refractivity contribution in [2.24, 2.45) is 0 Å². The molecular weight excluding hydrogens is 226 g/mol. The summed E-state index contributed by atoms with van der Waals surface area (Å²) in [6, 6.07) is 9.64. The summed E-state index contributed by atoms with van der Waals surface area (Å²) in [7, 11) is 0. The van der Waals surface area contributed by atoms with Gasteiger partial charge in [0.05, 0.1) is 17.7 Å². The number of carbonyl (C=O) groups is 1. The molecule has 92 valence electrons. The van der Waals surface area contributed by atoms with Gasteiger partial charge in [-0.25, -0.2) is 4.79 Å². The van der Waals surface area contributed by atoms with E-state index in [1.807, 2.05) is 37.3 Å². The van der Waals surface area contributed by atoms with Crippen LogP contribution >= 0.6 is 0 Å². The van der Waals surface area contributed by atoms with Crippen molar-refractivity contribution in [2.45, 2.75) is 25.7 Å². The Kier molecular flexibility index (Phi) is 2.74. The van der Waals surface area contributed by atoms with Crippen molar-refractivity contribution in [2.75, 3.05) is 6.61 Å². The third-order valence-corrected chi connectivity index (χ3v) is 3.23. The minimum absolute atomic E-state index is 0.252. The number of nitrogens with zero attached hydrogens (tertiary/aromatic N) is 1. The molecule has 0 N–H and O–H groups in total. The number of hydrogen-bond donors (Lipinski definition) is 0. The van der Waals surface area contributed by atoms with E-state index in [1.54, 1.807) is 0 Å². The summed E-state index contributed by atoms with van der Waals surface area (Å²) in [5.41, 5.74) is 2.55. The van der Waals surface area contributed by atoms with Gasteiger partial charge in [0.2, 0.25) is 0 Å². The van der Waals surface area contributed by atoms with Gasteiger partial charge in [0.15, 0.2) is 0 Å². The van der Waals surface area contributed by atoms with Gasteiger partial charge >= 0.3 is 5.97 Å². The summed E-state index contributed by atoms with van der Waals surface area (Å²) in [5.74, 6) is 0.279. The minimum Gasteiger partial charge on any atom is -0.462 e. The molecule has 1 aromatic heterocycles. The van der Waals surface area contributed by atoms with E-state index in [1.165, 1.54) is 12.8 Å². The Labute approximate surface area is 106 Å². The number of pyridine rings is 1. The van der Waals surface area contributed by atoms with Crippen LogP contribution in [0.15, 0.2) is 30.3 Å². The first-order valence-electron chi connectivity index (χ1n) is 6.36. The third kappa shape index (κ3) is 1.96. The molecule has 1 saturated carbocycles. The molecule has 3 heteroatoms. The van der Waals surface area contributed by atoms with Crippen LogP contribution in [-0.4, -0.2) is 17.6 Å². The Morgan fingerprint density at radius 2 is 2.17 bits per heavy atom. The van der Waals surface area contributed by atoms with E-state index in [9.17, 15) is 4.79 Å². The molecule has 0 bridgehead atoms. The Morgan fingerprint density at radius 1 is 1.39 bits per heavy atom. The highest BCUT2D eigenvalue weighted by atomic mass is 16.5. The summed E-state index contributed by atoms with van der Waals surface area (Å²) in [4.78, 5) is 16.6. The minimum atomic E-state index is -0.252. The number of hydrogen-bond acceptors (Lipinski definition) is 3. The predicted molar refractivity (Wildman–Crippen MR) is 69.7 cm³/mol. The number of benzene rings is 1. The molecule has 0 atom stereocenters. The molecule has 0 spiro atoms. The van der Waals surface area contributed by atoms with Gasteiger partial charge in [0.25, 0.3) is 0 Å². The average Bonchev–Trinajstić information content (AvgIpc) is 3.22. The number of esters is 1. The summed E-state index contributed by atoms with van der Waals surface area (Å²) < 4.78 is 5.12. The van der Waals surface area contributed by atoms with Gasteiger partial charge in [-0.15, -0.1) is 0 Å². The first-order chi connectivity index (χ1) is 8.79. The number of carbonyl (C=O) groups excluding carboxylic acids is 1. The molecule has 0 unspecified atom stereocenters. The van der Waals surface area contributed by atoms with E-state index in [0.29, 0.717) is 18.1 Å². The fourth-order valence-corrected chi connectivity index (χ4v) is 2.16. The topological polar surface area (TPSA) is 39.2 Å². The Morgan fingerprint density at radius 3 is 2.89 bits per heavy atom. The normalized spacial score (nSPS) is 14.7. The SMILES string of the molecule is CCOC(=O)c1cc(C2CC2)nc2ccccc12. The maximum Gasteiger partial charge on any atom is 0.338 e. The van der Waals surface area contributed by atoms with Crippen LogP contribution in [0.1, 0.15) is 41.7 Å². The molecule has 0 radical (unpaired) electrons. The van der Waals surface area contributed by atoms with Gasteiger partial charge in [0.1, 0.15) is 0 Å². The van der Waals surface area contributed by atoms with Gasteiger partial charge < -0.3 is 4.74 Å². The van der Waals surface area contributed by atoms with Crippen molar-refractivity contribution in [3.63, 3.8) is 0 Å². The maximum absolute atomic E-state index is 12.0. The Hall–Kier alpha value is -1.90. The second-order valence-electron chi connectivity index (χ2n) is 4.61. The average molecular weight is 241 g/mol. The zero-order chi connectivity index (χ0) is 12.5. The lowest BCUT2D eigenvalue weighted by Crippen LogP contribution is -2.07. The van der Waals surface area contributed by atoms with Gasteiger partial charge in [-0.05, 0) is 31.9 Å². The molecule has 1 aromatic carbocycles. The number of aromatic nitrogens is 1. The zero-order valence-electron chi connectivity index (χ0n) is 10.3. The van der Waals surface area contributed by atoms with Gasteiger partial charge in [-0.2, -0.15) is 0 Å². The van der Waals surface area contributed by atoms with Crippen LogP contribution in [0.4, 0.5) is 0 Å². The van der Waals surface area contributed by atoms with Crippen LogP contribution in [0, 0.1) is 0 Å². The van der Waals surface area contributed by atoms with Gasteiger partial charge in [-0.3, -0.25) is 4.98 Å². The predicted octanol–water partition coefficient (Wildman–Crippen LogP) is 3.29. The summed E-state index contributed by atoms with van der Waals surface area (Å²) in [6.07, 6.45) is 2.35. The van der Waals surface area contributed by atoms with Crippen LogP contribution in [0.3, 0.4) is 0 Å². The van der Waals surface area contributed by atoms with E-state index in [0.717, 1.165) is 16.6 Å². The lowest BCUT2D eigenvalue weighted by Gasteiger charge is -2.08. The number of para-hydroxylation sites is 1. The van der Waals surface area contributed by atoms with E-state index in [-0.39, 0.29) is 5.97 Å². The lowest BCUT2D eigenvalue weighted by molar-refractivity contribution is 0.0528. The Balaban J connectivity index is 2.16. The molecule has 0 amide bonds. The maximum atomic E-state index is 12.0. The highest BCUT2D eigenvalue weighted by Crippen LogP contribution is 2.40. The second kappa shape index (κ2) is 4.41. The van der Waals surface area contributed by atoms with E-state index in [4.69, 9.17) is 4.74 Å². The monoisotopic (exact) mass is 241 g/mol. The van der Waals surface area contributed by atoms with Crippen molar-refractivity contribution in [3.05, 3.63) is 41.6 Å². The van der Waals surface area contributed by atoms with Crippen molar-refractivity contribution in [3.8, 4) is 0 Å². The first kappa shape index (κ1) is 11.2. The summed E-state index contributed by atoms with van der Waals surface area (Å²) >= 11 is 0. The van der Waals surface area contributed by atoms with Crippen molar-refractivity contribution < 1.29 is 9.53 Å². The standard InChI is InChI=1S/C15H15NO2/c1-2-18-15(17)12-9-14(10-7-8-10)16-13-6-4-3-5-11(12)13/h3-6,9-10H,2,7-8H2,1H3. The smallest absolute Gasteiger partial charge is 0.338 e. The summed E-state index contributed by atoms with van der Waals surface area (Å²) in [5, 5.41) is 0.875. The fourth-order valence-electron chi connectivity index (χ4n) is 2.16. The first-order valence-corrected chi connectivity index (χ1v) is 6.36. The molecule has 18 heavy (non-hydrogen) atoms. The fraction of sp³-hybridized carbons (Fsp3) is 0.333. The van der Waals surface area contributed by atoms with Crippen LogP contribution in [-0.2, 0) is 4.74 Å². The molecule has 1 aliphatic rings.